The first kappa shape index (κ1) is 22.7. The van der Waals surface area contributed by atoms with Crippen LogP contribution in [0.5, 0.6) is 0 Å². The van der Waals surface area contributed by atoms with Gasteiger partial charge in [-0.15, -0.1) is 0 Å². The Morgan fingerprint density at radius 3 is 2.70 bits per heavy atom. The number of aromatic nitrogens is 2. The van der Waals surface area contributed by atoms with Crippen LogP contribution in [-0.4, -0.2) is 40.5 Å². The van der Waals surface area contributed by atoms with E-state index in [-0.39, 0.29) is 5.97 Å². The maximum Gasteiger partial charge on any atom is 0.305 e. The van der Waals surface area contributed by atoms with Crippen molar-refractivity contribution >= 4 is 29.2 Å². The number of nitrogens with zero attached hydrogens (tertiary/aromatic N) is 3. The Labute approximate surface area is 200 Å². The number of esters is 1. The normalized spacial score (nSPS) is 28.4. The predicted molar refractivity (Wildman–Crippen MR) is 130 cm³/mol. The van der Waals surface area contributed by atoms with E-state index < -0.39 is 0 Å². The van der Waals surface area contributed by atoms with E-state index in [0.717, 1.165) is 42.6 Å². The van der Waals surface area contributed by atoms with Gasteiger partial charge in [-0.2, -0.15) is 0 Å². The molecule has 0 spiro atoms. The van der Waals surface area contributed by atoms with E-state index in [9.17, 15) is 4.79 Å². The molecule has 0 amide bonds. The first-order chi connectivity index (χ1) is 16.0. The van der Waals surface area contributed by atoms with E-state index in [4.69, 9.17) is 4.74 Å². The summed E-state index contributed by atoms with van der Waals surface area (Å²) in [6.45, 7) is 10.4. The lowest BCUT2D eigenvalue weighted by Gasteiger charge is -2.53. The first-order valence-electron chi connectivity index (χ1n) is 12.3. The Bertz CT molecular complexity index is 998. The smallest absolute Gasteiger partial charge is 0.305 e. The molecule has 176 valence electrons. The SMILES string of the molecule is CCOC(=O)CCC1C2CN(Cc3ccc4c(c3)Nc3nccnc3S4)CC1C(C)CC2C. The van der Waals surface area contributed by atoms with Crippen molar-refractivity contribution in [3.05, 3.63) is 36.2 Å². The number of rotatable bonds is 6. The molecule has 0 radical (unpaired) electrons. The summed E-state index contributed by atoms with van der Waals surface area (Å²) in [5.41, 5.74) is 2.45. The van der Waals surface area contributed by atoms with Gasteiger partial charge in [0.25, 0.3) is 0 Å². The summed E-state index contributed by atoms with van der Waals surface area (Å²) >= 11 is 1.68. The van der Waals surface area contributed by atoms with Gasteiger partial charge in [-0.3, -0.25) is 9.69 Å². The average Bonchev–Trinajstić information content (AvgIpc) is 2.80. The van der Waals surface area contributed by atoms with Gasteiger partial charge in [0.1, 0.15) is 5.03 Å². The number of hydrogen-bond acceptors (Lipinski definition) is 7. The highest BCUT2D eigenvalue weighted by Gasteiger charge is 2.45. The minimum atomic E-state index is -0.0380. The van der Waals surface area contributed by atoms with Crippen LogP contribution in [-0.2, 0) is 16.1 Å². The minimum absolute atomic E-state index is 0.0380. The van der Waals surface area contributed by atoms with Crippen molar-refractivity contribution in [3.63, 3.8) is 0 Å². The fourth-order valence-corrected chi connectivity index (χ4v) is 7.19. The zero-order chi connectivity index (χ0) is 22.9. The summed E-state index contributed by atoms with van der Waals surface area (Å²) in [7, 11) is 0. The monoisotopic (exact) mass is 466 g/mol. The second-order valence-electron chi connectivity index (χ2n) is 9.99. The molecule has 1 aliphatic carbocycles. The van der Waals surface area contributed by atoms with E-state index in [0.29, 0.717) is 42.6 Å². The molecule has 3 heterocycles. The summed E-state index contributed by atoms with van der Waals surface area (Å²) in [5, 5.41) is 4.39. The lowest BCUT2D eigenvalue weighted by atomic mass is 9.59. The van der Waals surface area contributed by atoms with Crippen LogP contribution in [0.2, 0.25) is 0 Å². The van der Waals surface area contributed by atoms with Crippen molar-refractivity contribution in [2.45, 2.75) is 56.5 Å². The molecular weight excluding hydrogens is 432 g/mol. The van der Waals surface area contributed by atoms with Crippen molar-refractivity contribution in [2.75, 3.05) is 25.0 Å². The number of anilines is 2. The van der Waals surface area contributed by atoms with Crippen molar-refractivity contribution < 1.29 is 9.53 Å². The predicted octanol–water partition coefficient (Wildman–Crippen LogP) is 5.37. The van der Waals surface area contributed by atoms with Gasteiger partial charge >= 0.3 is 5.97 Å². The molecule has 4 unspecified atom stereocenters. The number of carbonyl (C=O) groups excluding carboxylic acids is 1. The number of fused-ring (bicyclic) bond motifs is 4. The molecular formula is C26H34N4O2S. The molecule has 1 saturated heterocycles. The molecule has 2 fully saturated rings. The van der Waals surface area contributed by atoms with Gasteiger partial charge in [-0.1, -0.05) is 31.7 Å². The van der Waals surface area contributed by atoms with Crippen LogP contribution in [0, 0.1) is 29.6 Å². The van der Waals surface area contributed by atoms with Gasteiger partial charge in [0.15, 0.2) is 5.82 Å². The number of nitrogens with one attached hydrogen (secondary N) is 1. The molecule has 2 aliphatic heterocycles. The second kappa shape index (κ2) is 9.63. The fraction of sp³-hybridized carbons (Fsp3) is 0.577. The number of ether oxygens (including phenoxy) is 1. The van der Waals surface area contributed by atoms with Crippen LogP contribution in [0.4, 0.5) is 11.5 Å². The van der Waals surface area contributed by atoms with Crippen molar-refractivity contribution in [2.24, 2.45) is 29.6 Å². The lowest BCUT2D eigenvalue weighted by molar-refractivity contribution is -0.144. The van der Waals surface area contributed by atoms with Crippen molar-refractivity contribution in [1.82, 2.24) is 14.9 Å². The van der Waals surface area contributed by atoms with Crippen LogP contribution in [0.15, 0.2) is 40.5 Å². The molecule has 5 rings (SSSR count). The number of benzene rings is 1. The maximum absolute atomic E-state index is 12.0. The molecule has 1 aromatic carbocycles. The zero-order valence-corrected chi connectivity index (χ0v) is 20.6. The van der Waals surface area contributed by atoms with Crippen LogP contribution in [0.25, 0.3) is 0 Å². The Morgan fingerprint density at radius 1 is 1.18 bits per heavy atom. The van der Waals surface area contributed by atoms with E-state index in [1.54, 1.807) is 24.2 Å². The highest BCUT2D eigenvalue weighted by atomic mass is 32.2. The van der Waals surface area contributed by atoms with Crippen LogP contribution in [0.1, 0.15) is 45.6 Å². The van der Waals surface area contributed by atoms with Crippen LogP contribution >= 0.6 is 11.8 Å². The molecule has 7 heteroatoms. The van der Waals surface area contributed by atoms with E-state index in [1.165, 1.54) is 16.9 Å². The largest absolute Gasteiger partial charge is 0.466 e. The van der Waals surface area contributed by atoms with E-state index >= 15 is 0 Å². The number of piperidine rings is 1. The average molecular weight is 467 g/mol. The van der Waals surface area contributed by atoms with Crippen molar-refractivity contribution in [1.29, 1.82) is 0 Å². The fourth-order valence-electron chi connectivity index (χ4n) is 6.31. The summed E-state index contributed by atoms with van der Waals surface area (Å²) < 4.78 is 5.21. The van der Waals surface area contributed by atoms with Gasteiger partial charge in [-0.25, -0.2) is 9.97 Å². The number of likely N-dealkylation sites (tertiary alicyclic amines) is 1. The highest BCUT2D eigenvalue weighted by Crippen LogP contribution is 2.48. The number of carbonyl (C=O) groups is 1. The van der Waals surface area contributed by atoms with E-state index in [1.807, 2.05) is 6.92 Å². The lowest BCUT2D eigenvalue weighted by Crippen LogP contribution is -2.53. The Balaban J connectivity index is 1.28. The summed E-state index contributed by atoms with van der Waals surface area (Å²) in [6.07, 6.45) is 6.30. The van der Waals surface area contributed by atoms with Crippen LogP contribution in [0.3, 0.4) is 0 Å². The minimum Gasteiger partial charge on any atom is -0.466 e. The quantitative estimate of drug-likeness (QED) is 0.490. The molecule has 4 atom stereocenters. The van der Waals surface area contributed by atoms with Gasteiger partial charge in [0.05, 0.1) is 12.3 Å². The third-order valence-corrected chi connectivity index (χ3v) is 8.87. The molecule has 1 saturated carbocycles. The number of hydrogen-bond donors (Lipinski definition) is 1. The zero-order valence-electron chi connectivity index (χ0n) is 19.8. The molecule has 2 aromatic rings. The first-order valence-corrected chi connectivity index (χ1v) is 13.1. The maximum atomic E-state index is 12.0. The summed E-state index contributed by atoms with van der Waals surface area (Å²) in [6, 6.07) is 6.73. The Hall–Kier alpha value is -2.12. The topological polar surface area (TPSA) is 67.3 Å². The van der Waals surface area contributed by atoms with Gasteiger partial charge < -0.3 is 10.1 Å². The summed E-state index contributed by atoms with van der Waals surface area (Å²) in [5.74, 6) is 4.13. The molecule has 3 aliphatic rings. The molecule has 6 nitrogen and oxygen atoms in total. The standard InChI is InChI=1S/C26H34N4O2S/c1-4-32-24(31)8-6-19-20-14-30(15-21(19)17(3)11-16(20)2)13-18-5-7-23-22(12-18)29-25-26(33-23)28-10-9-27-25/h5,7,9-10,12,16-17,19-21H,4,6,8,11,13-15H2,1-3H3,(H,27,29). The molecule has 1 N–H and O–H groups in total. The third-order valence-electron chi connectivity index (χ3n) is 7.80. The molecule has 2 bridgehead atoms. The van der Waals surface area contributed by atoms with Gasteiger partial charge in [0.2, 0.25) is 0 Å². The Kier molecular flexibility index (Phi) is 6.61. The molecule has 33 heavy (non-hydrogen) atoms. The van der Waals surface area contributed by atoms with Crippen LogP contribution < -0.4 is 5.32 Å². The second-order valence-corrected chi connectivity index (χ2v) is 11.0. The van der Waals surface area contributed by atoms with Crippen molar-refractivity contribution in [3.8, 4) is 0 Å². The highest BCUT2D eigenvalue weighted by molar-refractivity contribution is 7.99. The Morgan fingerprint density at radius 2 is 1.94 bits per heavy atom. The summed E-state index contributed by atoms with van der Waals surface area (Å²) in [4.78, 5) is 24.7. The molecule has 1 aromatic heterocycles. The van der Waals surface area contributed by atoms with Gasteiger partial charge in [0, 0.05) is 43.3 Å². The van der Waals surface area contributed by atoms with E-state index in [2.05, 4.69) is 52.2 Å². The third kappa shape index (κ3) is 4.76. The van der Waals surface area contributed by atoms with Gasteiger partial charge in [-0.05, 0) is 67.1 Å².